The van der Waals surface area contributed by atoms with Gasteiger partial charge in [-0.25, -0.2) is 9.59 Å². The fourth-order valence-electron chi connectivity index (χ4n) is 4.06. The van der Waals surface area contributed by atoms with Crippen LogP contribution in [0.25, 0.3) is 11.1 Å². The number of carbonyl (C=O) groups is 3. The number of benzene rings is 2. The summed E-state index contributed by atoms with van der Waals surface area (Å²) in [5.74, 6) is -2.12. The molecule has 0 aromatic heterocycles. The Bertz CT molecular complexity index is 960. The second-order valence-corrected chi connectivity index (χ2v) is 8.37. The molecule has 0 spiro atoms. The minimum Gasteiger partial charge on any atom is -0.480 e. The van der Waals surface area contributed by atoms with Crippen LogP contribution in [-0.2, 0) is 19.1 Å². The van der Waals surface area contributed by atoms with E-state index in [9.17, 15) is 19.5 Å². The third kappa shape index (κ3) is 5.70. The summed E-state index contributed by atoms with van der Waals surface area (Å²) in [6.45, 7) is 3.83. The van der Waals surface area contributed by atoms with Crippen molar-refractivity contribution in [3.05, 3.63) is 59.7 Å². The SMILES string of the molecule is COCCC(NC(=O)[C@@H](NC(=O)OCC1c2ccccc2-c2ccccc21)C(C)C)C(=O)O. The lowest BCUT2D eigenvalue weighted by Crippen LogP contribution is -2.54. The number of hydrogen-bond acceptors (Lipinski definition) is 5. The molecule has 0 fully saturated rings. The number of methoxy groups -OCH3 is 1. The van der Waals surface area contributed by atoms with Gasteiger partial charge in [0.15, 0.2) is 0 Å². The van der Waals surface area contributed by atoms with Crippen LogP contribution in [-0.4, -0.2) is 55.5 Å². The van der Waals surface area contributed by atoms with Crippen molar-refractivity contribution in [3.63, 3.8) is 0 Å². The molecular weight excluding hydrogens is 424 g/mol. The predicted molar refractivity (Wildman–Crippen MR) is 123 cm³/mol. The molecule has 3 rings (SSSR count). The highest BCUT2D eigenvalue weighted by Crippen LogP contribution is 2.44. The quantitative estimate of drug-likeness (QED) is 0.508. The van der Waals surface area contributed by atoms with Gasteiger partial charge >= 0.3 is 12.1 Å². The van der Waals surface area contributed by atoms with Crippen LogP contribution in [0, 0.1) is 5.92 Å². The zero-order chi connectivity index (χ0) is 24.0. The number of fused-ring (bicyclic) bond motifs is 3. The maximum absolute atomic E-state index is 12.7. The van der Waals surface area contributed by atoms with Crippen LogP contribution in [0.4, 0.5) is 4.79 Å². The minimum atomic E-state index is -1.16. The Hall–Kier alpha value is -3.39. The van der Waals surface area contributed by atoms with Gasteiger partial charge in [-0.2, -0.15) is 0 Å². The van der Waals surface area contributed by atoms with Gasteiger partial charge in [-0.05, 0) is 28.2 Å². The van der Waals surface area contributed by atoms with Gasteiger partial charge in [-0.1, -0.05) is 62.4 Å². The molecule has 0 heterocycles. The van der Waals surface area contributed by atoms with Gasteiger partial charge in [-0.3, -0.25) is 4.79 Å². The van der Waals surface area contributed by atoms with Gasteiger partial charge in [0, 0.05) is 26.1 Å². The van der Waals surface area contributed by atoms with Crippen molar-refractivity contribution in [1.29, 1.82) is 0 Å². The van der Waals surface area contributed by atoms with E-state index in [2.05, 4.69) is 22.8 Å². The number of hydrogen-bond donors (Lipinski definition) is 3. The summed E-state index contributed by atoms with van der Waals surface area (Å²) in [4.78, 5) is 36.7. The second-order valence-electron chi connectivity index (χ2n) is 8.37. The summed E-state index contributed by atoms with van der Waals surface area (Å²) in [5, 5.41) is 14.4. The lowest BCUT2D eigenvalue weighted by Gasteiger charge is -2.24. The number of carbonyl (C=O) groups excluding carboxylic acids is 2. The number of amides is 2. The van der Waals surface area contributed by atoms with Crippen LogP contribution in [0.15, 0.2) is 48.5 Å². The number of carboxylic acid groups (broad SMARTS) is 1. The van der Waals surface area contributed by atoms with E-state index in [4.69, 9.17) is 9.47 Å². The molecule has 0 radical (unpaired) electrons. The standard InChI is InChI=1S/C25H30N2O6/c1-15(2)22(23(28)26-21(24(29)30)12-13-32-3)27-25(31)33-14-20-18-10-6-4-8-16(18)17-9-5-7-11-19(17)20/h4-11,15,20-22H,12-14H2,1-3H3,(H,26,28)(H,27,31)(H,29,30)/t21?,22-/m0/s1. The third-order valence-corrected chi connectivity index (χ3v) is 5.79. The lowest BCUT2D eigenvalue weighted by atomic mass is 9.98. The molecule has 33 heavy (non-hydrogen) atoms. The molecule has 0 saturated heterocycles. The van der Waals surface area contributed by atoms with Crippen molar-refractivity contribution in [1.82, 2.24) is 10.6 Å². The molecule has 3 N–H and O–H groups in total. The van der Waals surface area contributed by atoms with E-state index in [0.717, 1.165) is 22.3 Å². The normalized spacial score (nSPS) is 14.2. The Morgan fingerprint density at radius 2 is 1.55 bits per heavy atom. The van der Waals surface area contributed by atoms with Gasteiger partial charge in [-0.15, -0.1) is 0 Å². The molecule has 0 bridgehead atoms. The Morgan fingerprint density at radius 1 is 0.970 bits per heavy atom. The van der Waals surface area contributed by atoms with Crippen LogP contribution in [0.2, 0.25) is 0 Å². The monoisotopic (exact) mass is 454 g/mol. The van der Waals surface area contributed by atoms with E-state index in [0.29, 0.717) is 0 Å². The average molecular weight is 455 g/mol. The number of ether oxygens (including phenoxy) is 2. The van der Waals surface area contributed by atoms with E-state index in [1.165, 1.54) is 7.11 Å². The molecule has 1 aliphatic carbocycles. The number of nitrogens with one attached hydrogen (secondary N) is 2. The van der Waals surface area contributed by atoms with Crippen molar-refractivity contribution in [2.45, 2.75) is 38.3 Å². The summed E-state index contributed by atoms with van der Waals surface area (Å²) in [6, 6.07) is 14.0. The second kappa shape index (κ2) is 11.0. The van der Waals surface area contributed by atoms with Crippen LogP contribution < -0.4 is 10.6 Å². The largest absolute Gasteiger partial charge is 0.480 e. The summed E-state index contributed by atoms with van der Waals surface area (Å²) in [7, 11) is 1.45. The molecule has 1 aliphatic rings. The topological polar surface area (TPSA) is 114 Å². The lowest BCUT2D eigenvalue weighted by molar-refractivity contribution is -0.142. The van der Waals surface area contributed by atoms with E-state index in [1.807, 2.05) is 36.4 Å². The van der Waals surface area contributed by atoms with Crippen molar-refractivity contribution >= 4 is 18.0 Å². The maximum atomic E-state index is 12.7. The first-order chi connectivity index (χ1) is 15.8. The Labute approximate surface area is 193 Å². The fraction of sp³-hybridized carbons (Fsp3) is 0.400. The smallest absolute Gasteiger partial charge is 0.407 e. The van der Waals surface area contributed by atoms with Crippen molar-refractivity contribution in [2.24, 2.45) is 5.92 Å². The van der Waals surface area contributed by atoms with Crippen LogP contribution in [0.3, 0.4) is 0 Å². The minimum absolute atomic E-state index is 0.0973. The fourth-order valence-corrected chi connectivity index (χ4v) is 4.06. The van der Waals surface area contributed by atoms with Gasteiger partial charge in [0.2, 0.25) is 5.91 Å². The Balaban J connectivity index is 1.64. The molecule has 0 saturated carbocycles. The summed E-state index contributed by atoms with van der Waals surface area (Å²) < 4.78 is 10.4. The first-order valence-electron chi connectivity index (χ1n) is 11.0. The Morgan fingerprint density at radius 3 is 2.06 bits per heavy atom. The highest BCUT2D eigenvalue weighted by molar-refractivity contribution is 5.89. The number of alkyl carbamates (subject to hydrolysis) is 1. The molecule has 2 amide bonds. The molecule has 2 atom stereocenters. The molecule has 0 aliphatic heterocycles. The highest BCUT2D eigenvalue weighted by Gasteiger charge is 2.31. The number of aliphatic carboxylic acids is 1. The van der Waals surface area contributed by atoms with Crippen molar-refractivity contribution in [2.75, 3.05) is 20.3 Å². The zero-order valence-electron chi connectivity index (χ0n) is 19.0. The van der Waals surface area contributed by atoms with Gasteiger partial charge in [0.1, 0.15) is 18.7 Å². The van der Waals surface area contributed by atoms with E-state index in [-0.39, 0.29) is 31.5 Å². The van der Waals surface area contributed by atoms with Gasteiger partial charge in [0.25, 0.3) is 0 Å². The zero-order valence-corrected chi connectivity index (χ0v) is 19.0. The molecule has 2 aromatic rings. The molecule has 8 nitrogen and oxygen atoms in total. The Kier molecular flexibility index (Phi) is 8.06. The average Bonchev–Trinajstić information content (AvgIpc) is 3.12. The molecule has 8 heteroatoms. The first-order valence-corrected chi connectivity index (χ1v) is 11.0. The van der Waals surface area contributed by atoms with Gasteiger partial charge < -0.3 is 25.2 Å². The van der Waals surface area contributed by atoms with Crippen molar-refractivity contribution < 1.29 is 29.0 Å². The number of rotatable bonds is 10. The highest BCUT2D eigenvalue weighted by atomic mass is 16.5. The van der Waals surface area contributed by atoms with Crippen LogP contribution in [0.1, 0.15) is 37.3 Å². The van der Waals surface area contributed by atoms with E-state index < -0.39 is 30.1 Å². The summed E-state index contributed by atoms with van der Waals surface area (Å²) in [5.41, 5.74) is 4.42. The molecular formula is C25H30N2O6. The van der Waals surface area contributed by atoms with E-state index >= 15 is 0 Å². The van der Waals surface area contributed by atoms with Gasteiger partial charge in [0.05, 0.1) is 0 Å². The first kappa shape index (κ1) is 24.3. The molecule has 2 aromatic carbocycles. The van der Waals surface area contributed by atoms with Crippen LogP contribution in [0.5, 0.6) is 0 Å². The summed E-state index contributed by atoms with van der Waals surface area (Å²) in [6.07, 6.45) is -0.609. The molecule has 1 unspecified atom stereocenters. The van der Waals surface area contributed by atoms with E-state index in [1.54, 1.807) is 13.8 Å². The van der Waals surface area contributed by atoms with Crippen molar-refractivity contribution in [3.8, 4) is 11.1 Å². The van der Waals surface area contributed by atoms with Crippen LogP contribution >= 0.6 is 0 Å². The maximum Gasteiger partial charge on any atom is 0.407 e. The molecule has 176 valence electrons. The number of carboxylic acids is 1. The third-order valence-electron chi connectivity index (χ3n) is 5.79. The summed E-state index contributed by atoms with van der Waals surface area (Å²) >= 11 is 0. The predicted octanol–water partition coefficient (Wildman–Crippen LogP) is 3.16.